The molecular weight excluding hydrogens is 414 g/mol. The van der Waals surface area contributed by atoms with Crippen LogP contribution in [0.3, 0.4) is 0 Å². The summed E-state index contributed by atoms with van der Waals surface area (Å²) < 4.78 is 12.5. The lowest BCUT2D eigenvalue weighted by Gasteiger charge is -2.20. The Bertz CT molecular complexity index is 1070. The maximum absolute atomic E-state index is 12.5. The molecule has 0 N–H and O–H groups in total. The molecule has 0 aromatic heterocycles. The van der Waals surface area contributed by atoms with Gasteiger partial charge in [0.15, 0.2) is 18.1 Å². The Hall–Kier alpha value is -3.56. The maximum Gasteiger partial charge on any atom is 0.446 e. The van der Waals surface area contributed by atoms with Gasteiger partial charge in [-0.1, -0.05) is 17.8 Å². The molecule has 0 atom stereocenters. The van der Waals surface area contributed by atoms with E-state index in [1.165, 1.54) is 18.7 Å². The molecule has 0 bridgehead atoms. The first-order chi connectivity index (χ1) is 15.4. The molecule has 168 valence electrons. The second kappa shape index (κ2) is 8.89. The lowest BCUT2D eigenvalue weighted by molar-refractivity contribution is -0.401. The number of hydrogen-bond acceptors (Lipinski definition) is 7. The third-order valence-corrected chi connectivity index (χ3v) is 5.77. The zero-order valence-electron chi connectivity index (χ0n) is 18.5. The molecule has 0 radical (unpaired) electrons. The number of ether oxygens (including phenoxy) is 2. The predicted molar refractivity (Wildman–Crippen MR) is 117 cm³/mol. The summed E-state index contributed by atoms with van der Waals surface area (Å²) in [6.07, 6.45) is 4.34. The van der Waals surface area contributed by atoms with Gasteiger partial charge >= 0.3 is 17.8 Å². The fourth-order valence-corrected chi connectivity index (χ4v) is 3.88. The summed E-state index contributed by atoms with van der Waals surface area (Å²) in [7, 11) is 4.45. The molecule has 0 spiro atoms. The van der Waals surface area contributed by atoms with Gasteiger partial charge in [0.25, 0.3) is 5.91 Å². The number of carbonyl (C=O) groups is 3. The second-order valence-electron chi connectivity index (χ2n) is 7.87. The summed E-state index contributed by atoms with van der Waals surface area (Å²) in [5, 5.41) is 0. The summed E-state index contributed by atoms with van der Waals surface area (Å²) in [6.45, 7) is 1.47. The van der Waals surface area contributed by atoms with Crippen LogP contribution in [0.4, 0.5) is 4.79 Å². The standard InChI is InChI=1S/C22H26N5O5/c1-25-20-18(21(29)26(2)22(25)30)23-19(24-20)14-8-9-15(16(12-14)31-3)32-13-17(28)27-10-6-4-5-7-11-27/h8-9,12H,4-7,10-11,13H2,1-3H3/q+1. The molecule has 10 heteroatoms. The first-order valence-corrected chi connectivity index (χ1v) is 10.6. The maximum atomic E-state index is 12.5. The molecule has 1 fully saturated rings. The number of benzene rings is 1. The minimum absolute atomic E-state index is 0.0413. The Labute approximate surface area is 185 Å². The smallest absolute Gasteiger partial charge is 0.446 e. The molecular formula is C22H26N5O5+. The lowest BCUT2D eigenvalue weighted by atomic mass is 10.2. The summed E-state index contributed by atoms with van der Waals surface area (Å²) >= 11 is 0. The van der Waals surface area contributed by atoms with Gasteiger partial charge < -0.3 is 14.4 Å². The van der Waals surface area contributed by atoms with Gasteiger partial charge in [0.05, 0.1) is 21.2 Å². The van der Waals surface area contributed by atoms with Crippen molar-refractivity contribution >= 4 is 35.2 Å². The van der Waals surface area contributed by atoms with Crippen LogP contribution in [-0.2, 0) is 9.59 Å². The van der Waals surface area contributed by atoms with Crippen LogP contribution in [0.1, 0.15) is 31.2 Å². The third kappa shape index (κ3) is 4.00. The Morgan fingerprint density at radius 2 is 1.81 bits per heavy atom. The van der Waals surface area contributed by atoms with Crippen LogP contribution in [0.5, 0.6) is 11.5 Å². The average molecular weight is 440 g/mol. The number of amides is 4. The highest BCUT2D eigenvalue weighted by Gasteiger charge is 2.44. The highest BCUT2D eigenvalue weighted by molar-refractivity contribution is 6.70. The number of hydrogen-bond donors (Lipinski definition) is 0. The molecule has 4 rings (SSSR count). The quantitative estimate of drug-likeness (QED) is 0.642. The Morgan fingerprint density at radius 3 is 2.50 bits per heavy atom. The van der Waals surface area contributed by atoms with E-state index in [-0.39, 0.29) is 24.1 Å². The first-order valence-electron chi connectivity index (χ1n) is 10.6. The zero-order chi connectivity index (χ0) is 22.8. The van der Waals surface area contributed by atoms with E-state index in [2.05, 4.69) is 9.98 Å². The molecule has 1 saturated heterocycles. The summed E-state index contributed by atoms with van der Waals surface area (Å²) in [6, 6.07) is 4.62. The Morgan fingerprint density at radius 1 is 1.09 bits per heavy atom. The van der Waals surface area contributed by atoms with Crippen LogP contribution in [-0.4, -0.2) is 90.5 Å². The minimum Gasteiger partial charge on any atom is -0.493 e. The molecule has 1 aromatic rings. The second-order valence-corrected chi connectivity index (χ2v) is 7.87. The van der Waals surface area contributed by atoms with E-state index in [4.69, 9.17) is 9.47 Å². The Kier molecular flexibility index (Phi) is 6.02. The topological polar surface area (TPSA) is 104 Å². The zero-order valence-corrected chi connectivity index (χ0v) is 18.5. The van der Waals surface area contributed by atoms with Crippen molar-refractivity contribution in [1.29, 1.82) is 0 Å². The molecule has 32 heavy (non-hydrogen) atoms. The van der Waals surface area contributed by atoms with Gasteiger partial charge in [-0.3, -0.25) is 4.79 Å². The summed E-state index contributed by atoms with van der Waals surface area (Å²) in [4.78, 5) is 48.6. The number of amidine groups is 2. The molecule has 3 aliphatic rings. The first kappa shape index (κ1) is 21.7. The van der Waals surface area contributed by atoms with E-state index in [1.54, 1.807) is 25.2 Å². The van der Waals surface area contributed by atoms with Crippen LogP contribution in [0.15, 0.2) is 28.2 Å². The van der Waals surface area contributed by atoms with Gasteiger partial charge in [0, 0.05) is 18.7 Å². The molecule has 0 aliphatic carbocycles. The molecule has 0 saturated carbocycles. The van der Waals surface area contributed by atoms with E-state index in [9.17, 15) is 14.4 Å². The third-order valence-electron chi connectivity index (χ3n) is 5.77. The highest BCUT2D eigenvalue weighted by atomic mass is 16.5. The van der Waals surface area contributed by atoms with Gasteiger partial charge in [-0.15, -0.1) is 0 Å². The summed E-state index contributed by atoms with van der Waals surface area (Å²) in [5.41, 5.74) is 0.714. The number of fused-ring (bicyclic) bond motifs is 1. The van der Waals surface area contributed by atoms with Crippen LogP contribution >= 0.6 is 0 Å². The molecule has 3 aliphatic heterocycles. The van der Waals surface area contributed by atoms with Crippen molar-refractivity contribution in [3.8, 4) is 11.5 Å². The number of nitrogens with zero attached hydrogens (tertiary/aromatic N) is 5. The van der Waals surface area contributed by atoms with Crippen molar-refractivity contribution in [3.05, 3.63) is 23.8 Å². The van der Waals surface area contributed by atoms with Crippen LogP contribution < -0.4 is 9.47 Å². The normalized spacial score (nSPS) is 18.8. The van der Waals surface area contributed by atoms with Gasteiger partial charge in [-0.2, -0.15) is 14.5 Å². The van der Waals surface area contributed by atoms with Crippen molar-refractivity contribution in [2.24, 2.45) is 9.98 Å². The number of carbonyl (C=O) groups excluding carboxylic acids is 3. The highest BCUT2D eigenvalue weighted by Crippen LogP contribution is 2.29. The number of aliphatic imine (C=N–C) groups is 2. The number of urea groups is 1. The van der Waals surface area contributed by atoms with Gasteiger partial charge in [-0.25, -0.2) is 9.59 Å². The van der Waals surface area contributed by atoms with Crippen molar-refractivity contribution in [3.63, 3.8) is 0 Å². The fourth-order valence-electron chi connectivity index (χ4n) is 3.88. The monoisotopic (exact) mass is 440 g/mol. The van der Waals surface area contributed by atoms with Crippen LogP contribution in [0.25, 0.3) is 0 Å². The van der Waals surface area contributed by atoms with E-state index >= 15 is 0 Å². The molecule has 1 aromatic carbocycles. The molecule has 10 nitrogen and oxygen atoms in total. The van der Waals surface area contributed by atoms with E-state index in [1.807, 2.05) is 4.90 Å². The molecule has 0 unspecified atom stereocenters. The van der Waals surface area contributed by atoms with Gasteiger partial charge in [0.1, 0.15) is 0 Å². The van der Waals surface area contributed by atoms with Crippen molar-refractivity contribution in [2.45, 2.75) is 25.7 Å². The average Bonchev–Trinajstić information content (AvgIpc) is 3.07. The number of methoxy groups -OCH3 is 1. The van der Waals surface area contributed by atoms with Crippen molar-refractivity contribution < 1.29 is 28.4 Å². The number of rotatable bonds is 5. The van der Waals surface area contributed by atoms with Crippen LogP contribution in [0.2, 0.25) is 0 Å². The number of imide groups is 1. The van der Waals surface area contributed by atoms with E-state index in [0.29, 0.717) is 22.9 Å². The van der Waals surface area contributed by atoms with Crippen LogP contribution in [0, 0.1) is 0 Å². The fraction of sp³-hybridized carbons (Fsp3) is 0.455. The van der Waals surface area contributed by atoms with Crippen molar-refractivity contribution in [2.75, 3.05) is 40.9 Å². The predicted octanol–water partition coefficient (Wildman–Crippen LogP) is 1.31. The summed E-state index contributed by atoms with van der Waals surface area (Å²) in [5.74, 6) is 0.820. The van der Waals surface area contributed by atoms with E-state index in [0.717, 1.165) is 43.7 Å². The SMILES string of the molecule is COc1cc(C2=NC3=[N+](C)C(=O)N(C)C(=O)C3=N2)ccc1OCC(=O)N1CCCCCC1. The largest absolute Gasteiger partial charge is 0.493 e. The molecule has 3 heterocycles. The van der Waals surface area contributed by atoms with E-state index < -0.39 is 11.9 Å². The number of likely N-dealkylation sites (tertiary alicyclic amines) is 1. The molecule has 4 amide bonds. The lowest BCUT2D eigenvalue weighted by Crippen LogP contribution is -2.51. The van der Waals surface area contributed by atoms with Gasteiger partial charge in [-0.05, 0) is 31.0 Å². The van der Waals surface area contributed by atoms with Gasteiger partial charge in [0.2, 0.25) is 11.5 Å². The van der Waals surface area contributed by atoms with Crippen molar-refractivity contribution in [1.82, 2.24) is 9.80 Å². The minimum atomic E-state index is -0.499. The Balaban J connectivity index is 1.52.